The zero-order valence-electron chi connectivity index (χ0n) is 14.5. The van der Waals surface area contributed by atoms with Gasteiger partial charge in [-0.1, -0.05) is 55.4 Å². The molecule has 5 rings (SSSR count). The topological polar surface area (TPSA) is 38.7 Å². The van der Waals surface area contributed by atoms with E-state index in [4.69, 9.17) is 9.47 Å². The molecule has 1 heterocycles. The van der Waals surface area contributed by atoms with E-state index in [-0.39, 0.29) is 16.9 Å². The van der Waals surface area contributed by atoms with Crippen molar-refractivity contribution in [1.29, 1.82) is 0 Å². The molecule has 3 unspecified atom stereocenters. The SMILES string of the molecule is C[C@]12C=CC(O)CC1=CC=C1C2CC[C@@]2(C)C1C=CC21OCCO1. The molecule has 5 aliphatic rings. The lowest BCUT2D eigenvalue weighted by atomic mass is 9.52. The van der Waals surface area contributed by atoms with Crippen molar-refractivity contribution in [2.75, 3.05) is 13.2 Å². The van der Waals surface area contributed by atoms with Crippen molar-refractivity contribution in [3.63, 3.8) is 0 Å². The van der Waals surface area contributed by atoms with Crippen molar-refractivity contribution < 1.29 is 14.6 Å². The summed E-state index contributed by atoms with van der Waals surface area (Å²) in [6.07, 6.45) is 16.0. The van der Waals surface area contributed by atoms with E-state index < -0.39 is 5.79 Å². The molecular weight excluding hydrogens is 300 g/mol. The molecule has 0 aromatic rings. The quantitative estimate of drug-likeness (QED) is 0.692. The third-order valence-electron chi connectivity index (χ3n) is 7.41. The monoisotopic (exact) mass is 326 g/mol. The summed E-state index contributed by atoms with van der Waals surface area (Å²) in [5, 5.41) is 10.00. The molecule has 0 aromatic heterocycles. The van der Waals surface area contributed by atoms with Crippen molar-refractivity contribution in [3.8, 4) is 0 Å². The van der Waals surface area contributed by atoms with Crippen LogP contribution in [0.4, 0.5) is 0 Å². The van der Waals surface area contributed by atoms with Gasteiger partial charge in [-0.05, 0) is 31.3 Å². The lowest BCUT2D eigenvalue weighted by Crippen LogP contribution is -2.52. The summed E-state index contributed by atoms with van der Waals surface area (Å²) >= 11 is 0. The summed E-state index contributed by atoms with van der Waals surface area (Å²) in [7, 11) is 0. The van der Waals surface area contributed by atoms with Gasteiger partial charge in [-0.25, -0.2) is 0 Å². The zero-order valence-corrected chi connectivity index (χ0v) is 14.5. The van der Waals surface area contributed by atoms with Crippen LogP contribution in [-0.4, -0.2) is 30.2 Å². The summed E-state index contributed by atoms with van der Waals surface area (Å²) in [5.74, 6) is 0.372. The molecule has 1 N–H and O–H groups in total. The first kappa shape index (κ1) is 15.1. The zero-order chi connectivity index (χ0) is 16.6. The third-order valence-corrected chi connectivity index (χ3v) is 7.41. The second-order valence-electron chi connectivity index (χ2n) is 8.48. The molecule has 2 fully saturated rings. The Morgan fingerprint density at radius 1 is 1.08 bits per heavy atom. The predicted molar refractivity (Wildman–Crippen MR) is 92.1 cm³/mol. The van der Waals surface area contributed by atoms with E-state index in [1.54, 1.807) is 0 Å². The summed E-state index contributed by atoms with van der Waals surface area (Å²) in [6.45, 7) is 6.07. The standard InChI is InChI=1S/C21H26O3/c1-19-8-5-15(22)13-14(19)3-4-16-17(19)6-9-20(2)18(16)7-10-21(20)23-11-12-24-21/h3-5,7-8,10,15,17-18,22H,6,9,11-13H2,1-2H3/t15?,17?,18?,19-,20-/m0/s1. The Balaban J connectivity index is 1.57. The van der Waals surface area contributed by atoms with Crippen molar-refractivity contribution in [1.82, 2.24) is 0 Å². The maximum absolute atomic E-state index is 10.00. The number of aliphatic hydroxyl groups is 1. The molecule has 0 aromatic carbocycles. The average molecular weight is 326 g/mol. The van der Waals surface area contributed by atoms with Gasteiger partial charge in [0.1, 0.15) is 0 Å². The van der Waals surface area contributed by atoms with Crippen LogP contribution in [0.15, 0.2) is 47.6 Å². The Morgan fingerprint density at radius 2 is 1.88 bits per heavy atom. The van der Waals surface area contributed by atoms with Crippen LogP contribution in [0.3, 0.4) is 0 Å². The van der Waals surface area contributed by atoms with Crippen LogP contribution in [0.5, 0.6) is 0 Å². The predicted octanol–water partition coefficient (Wildman–Crippen LogP) is 3.53. The van der Waals surface area contributed by atoms with Gasteiger partial charge in [0.15, 0.2) is 5.79 Å². The lowest BCUT2D eigenvalue weighted by Gasteiger charge is -2.54. The Morgan fingerprint density at radius 3 is 2.67 bits per heavy atom. The summed E-state index contributed by atoms with van der Waals surface area (Å²) in [5.41, 5.74) is 2.93. The van der Waals surface area contributed by atoms with Gasteiger partial charge in [-0.15, -0.1) is 0 Å². The van der Waals surface area contributed by atoms with Crippen LogP contribution >= 0.6 is 0 Å². The van der Waals surface area contributed by atoms with Crippen LogP contribution in [0.25, 0.3) is 0 Å². The van der Waals surface area contributed by atoms with Gasteiger partial charge in [0, 0.05) is 16.7 Å². The number of fused-ring (bicyclic) bond motifs is 6. The molecule has 0 bridgehead atoms. The Hall–Kier alpha value is -1.16. The van der Waals surface area contributed by atoms with Crippen molar-refractivity contribution in [3.05, 3.63) is 47.6 Å². The largest absolute Gasteiger partial charge is 0.389 e. The van der Waals surface area contributed by atoms with E-state index in [9.17, 15) is 5.11 Å². The molecule has 1 spiro atoms. The van der Waals surface area contributed by atoms with Crippen molar-refractivity contribution >= 4 is 0 Å². The van der Waals surface area contributed by atoms with E-state index in [0.717, 1.165) is 19.3 Å². The molecular formula is C21H26O3. The molecule has 0 amide bonds. The van der Waals surface area contributed by atoms with E-state index >= 15 is 0 Å². The number of hydrogen-bond donors (Lipinski definition) is 1. The molecule has 3 nitrogen and oxygen atoms in total. The van der Waals surface area contributed by atoms with E-state index in [1.165, 1.54) is 11.1 Å². The van der Waals surface area contributed by atoms with Gasteiger partial charge in [-0.2, -0.15) is 0 Å². The number of rotatable bonds is 0. The highest BCUT2D eigenvalue weighted by Gasteiger charge is 2.62. The van der Waals surface area contributed by atoms with Crippen LogP contribution in [0, 0.1) is 22.7 Å². The fourth-order valence-corrected chi connectivity index (χ4v) is 5.91. The molecule has 24 heavy (non-hydrogen) atoms. The summed E-state index contributed by atoms with van der Waals surface area (Å²) in [4.78, 5) is 0. The normalized spacial score (nSPS) is 47.9. The van der Waals surface area contributed by atoms with Crippen LogP contribution in [-0.2, 0) is 9.47 Å². The molecule has 3 heteroatoms. The van der Waals surface area contributed by atoms with Gasteiger partial charge in [0.05, 0.1) is 19.3 Å². The van der Waals surface area contributed by atoms with Gasteiger partial charge >= 0.3 is 0 Å². The molecule has 5 atom stereocenters. The summed E-state index contributed by atoms with van der Waals surface area (Å²) in [6, 6.07) is 0. The second kappa shape index (κ2) is 4.72. The molecule has 4 aliphatic carbocycles. The van der Waals surface area contributed by atoms with E-state index in [1.807, 2.05) is 6.08 Å². The third kappa shape index (κ3) is 1.68. The fourth-order valence-electron chi connectivity index (χ4n) is 5.91. The van der Waals surface area contributed by atoms with E-state index in [2.05, 4.69) is 44.2 Å². The Bertz CT molecular complexity index is 694. The Labute approximate surface area is 143 Å². The van der Waals surface area contributed by atoms with Gasteiger partial charge < -0.3 is 14.6 Å². The first-order valence-electron chi connectivity index (χ1n) is 9.24. The van der Waals surface area contributed by atoms with Crippen LogP contribution < -0.4 is 0 Å². The highest BCUT2D eigenvalue weighted by atomic mass is 16.7. The lowest BCUT2D eigenvalue weighted by molar-refractivity contribution is -0.205. The van der Waals surface area contributed by atoms with Crippen molar-refractivity contribution in [2.45, 2.75) is 45.0 Å². The van der Waals surface area contributed by atoms with Crippen LogP contribution in [0.2, 0.25) is 0 Å². The number of aliphatic hydroxyl groups excluding tert-OH is 1. The fraction of sp³-hybridized carbons (Fsp3) is 0.619. The highest BCUT2D eigenvalue weighted by Crippen LogP contribution is 2.64. The summed E-state index contributed by atoms with van der Waals surface area (Å²) < 4.78 is 12.2. The maximum Gasteiger partial charge on any atom is 0.194 e. The molecule has 1 aliphatic heterocycles. The molecule has 128 valence electrons. The van der Waals surface area contributed by atoms with Gasteiger partial charge in [0.2, 0.25) is 0 Å². The van der Waals surface area contributed by atoms with E-state index in [0.29, 0.717) is 25.0 Å². The molecule has 1 saturated carbocycles. The molecule has 1 saturated heterocycles. The maximum atomic E-state index is 10.00. The van der Waals surface area contributed by atoms with Gasteiger partial charge in [0.25, 0.3) is 0 Å². The smallest absolute Gasteiger partial charge is 0.194 e. The second-order valence-corrected chi connectivity index (χ2v) is 8.48. The minimum atomic E-state index is -0.521. The van der Waals surface area contributed by atoms with Crippen LogP contribution in [0.1, 0.15) is 33.1 Å². The average Bonchev–Trinajstić information content (AvgIpc) is 3.15. The first-order valence-corrected chi connectivity index (χ1v) is 9.24. The number of allylic oxidation sites excluding steroid dienone is 5. The first-order chi connectivity index (χ1) is 11.5. The number of hydrogen-bond acceptors (Lipinski definition) is 3. The number of ether oxygens (including phenoxy) is 2. The van der Waals surface area contributed by atoms with Crippen molar-refractivity contribution in [2.24, 2.45) is 22.7 Å². The Kier molecular flexibility index (Phi) is 2.97. The highest BCUT2D eigenvalue weighted by molar-refractivity contribution is 5.45. The minimum absolute atomic E-state index is 0.00850. The molecule has 0 radical (unpaired) electrons. The minimum Gasteiger partial charge on any atom is -0.389 e. The van der Waals surface area contributed by atoms with Gasteiger partial charge in [-0.3, -0.25) is 0 Å².